The van der Waals surface area contributed by atoms with Crippen LogP contribution in [0.15, 0.2) is 54.6 Å². The fraction of sp³-hybridized carbons (Fsp3) is 0.485. The van der Waals surface area contributed by atoms with E-state index < -0.39 is 36.2 Å². The van der Waals surface area contributed by atoms with Crippen molar-refractivity contribution in [3.8, 4) is 5.75 Å². The fourth-order valence-electron chi connectivity index (χ4n) is 4.88. The quantitative estimate of drug-likeness (QED) is 0.0851. The number of hydrogen-bond acceptors (Lipinski definition) is 7. The second-order valence-electron chi connectivity index (χ2n) is 12.1. The Balaban J connectivity index is 1.66. The molecule has 2 rings (SSSR count). The summed E-state index contributed by atoms with van der Waals surface area (Å²) in [5.74, 6) is 0.432. The molecule has 17 nitrogen and oxygen atoms in total. The first-order chi connectivity index (χ1) is 23.9. The lowest BCUT2D eigenvalue weighted by Crippen LogP contribution is -2.53. The van der Waals surface area contributed by atoms with E-state index in [-0.39, 0.29) is 69.6 Å². The predicted octanol–water partition coefficient (Wildman–Crippen LogP) is 0.153. The van der Waals surface area contributed by atoms with Gasteiger partial charge in [0, 0.05) is 57.9 Å². The van der Waals surface area contributed by atoms with E-state index in [1.807, 2.05) is 44.2 Å². The molecule has 1 unspecified atom stereocenters. The molecule has 0 aliphatic carbocycles. The van der Waals surface area contributed by atoms with Crippen LogP contribution in [0.25, 0.3) is 0 Å². The van der Waals surface area contributed by atoms with Crippen molar-refractivity contribution >= 4 is 30.2 Å². The van der Waals surface area contributed by atoms with Crippen molar-refractivity contribution in [1.29, 1.82) is 0 Å². The SMILES string of the molecule is CC(C)CC(CNC(=O)N[C@H](CNC(=O)NCCNC(=O)NCCNC(=O)N[C@@H](CN)Cc1ccc(O)cc1)Cc1ccccc1)NC(N)=O. The Labute approximate surface area is 292 Å². The number of urea groups is 5. The van der Waals surface area contributed by atoms with Gasteiger partial charge in [-0.1, -0.05) is 56.3 Å². The van der Waals surface area contributed by atoms with Gasteiger partial charge in [0.1, 0.15) is 5.75 Å². The summed E-state index contributed by atoms with van der Waals surface area (Å²) < 4.78 is 0. The lowest BCUT2D eigenvalue weighted by Gasteiger charge is -2.23. The van der Waals surface area contributed by atoms with Crippen LogP contribution in [0.3, 0.4) is 0 Å². The number of hydrogen-bond donors (Lipinski definition) is 12. The maximum atomic E-state index is 12.7. The number of phenolic OH excluding ortho intramolecular Hbond substituents is 1. The summed E-state index contributed by atoms with van der Waals surface area (Å²) in [7, 11) is 0. The van der Waals surface area contributed by atoms with Crippen LogP contribution in [0.4, 0.5) is 24.0 Å². The third-order valence-electron chi connectivity index (χ3n) is 7.21. The van der Waals surface area contributed by atoms with E-state index >= 15 is 0 Å². The van der Waals surface area contributed by atoms with Gasteiger partial charge in [-0.25, -0.2) is 24.0 Å². The van der Waals surface area contributed by atoms with Crippen molar-refractivity contribution in [3.63, 3.8) is 0 Å². The molecule has 2 aromatic rings. The lowest BCUT2D eigenvalue weighted by molar-refractivity contribution is 0.228. The van der Waals surface area contributed by atoms with Gasteiger partial charge in [0.05, 0.1) is 6.04 Å². The van der Waals surface area contributed by atoms with Crippen molar-refractivity contribution in [3.05, 3.63) is 65.7 Å². The van der Waals surface area contributed by atoms with E-state index in [0.29, 0.717) is 19.3 Å². The Hall–Kier alpha value is -5.45. The normalized spacial score (nSPS) is 12.4. The molecule has 3 atom stereocenters. The molecule has 276 valence electrons. The monoisotopic (exact) mass is 699 g/mol. The number of rotatable bonds is 20. The number of amides is 10. The van der Waals surface area contributed by atoms with Crippen LogP contribution in [0.2, 0.25) is 0 Å². The largest absolute Gasteiger partial charge is 0.508 e. The van der Waals surface area contributed by atoms with E-state index in [1.54, 1.807) is 24.3 Å². The third-order valence-corrected chi connectivity index (χ3v) is 7.21. The van der Waals surface area contributed by atoms with Gasteiger partial charge in [-0.05, 0) is 48.4 Å². The Morgan fingerprint density at radius 2 is 1.06 bits per heavy atom. The zero-order chi connectivity index (χ0) is 36.7. The maximum Gasteiger partial charge on any atom is 0.315 e. The third kappa shape index (κ3) is 18.8. The molecule has 0 saturated carbocycles. The molecule has 0 fully saturated rings. The van der Waals surface area contributed by atoms with E-state index in [0.717, 1.165) is 11.1 Å². The first kappa shape index (κ1) is 40.7. The van der Waals surface area contributed by atoms with Crippen molar-refractivity contribution < 1.29 is 29.1 Å². The number of carbonyl (C=O) groups excluding carboxylic acids is 5. The summed E-state index contributed by atoms with van der Waals surface area (Å²) in [6.45, 7) is 5.16. The zero-order valence-electron chi connectivity index (χ0n) is 28.7. The van der Waals surface area contributed by atoms with Gasteiger partial charge in [-0.3, -0.25) is 0 Å². The first-order valence-electron chi connectivity index (χ1n) is 16.6. The highest BCUT2D eigenvalue weighted by molar-refractivity contribution is 5.77. The average Bonchev–Trinajstić information content (AvgIpc) is 3.07. The van der Waals surface area contributed by atoms with Crippen molar-refractivity contribution in [2.75, 3.05) is 45.8 Å². The second-order valence-corrected chi connectivity index (χ2v) is 12.1. The summed E-state index contributed by atoms with van der Waals surface area (Å²) in [5.41, 5.74) is 12.9. The number of nitrogens with one attached hydrogen (secondary N) is 9. The minimum absolute atomic E-state index is 0.125. The molecule has 0 saturated heterocycles. The van der Waals surface area contributed by atoms with E-state index in [4.69, 9.17) is 11.5 Å². The van der Waals surface area contributed by atoms with E-state index in [2.05, 4.69) is 47.9 Å². The van der Waals surface area contributed by atoms with Gasteiger partial charge in [0.15, 0.2) is 0 Å². The molecular weight excluding hydrogens is 646 g/mol. The van der Waals surface area contributed by atoms with Gasteiger partial charge >= 0.3 is 30.2 Å². The van der Waals surface area contributed by atoms with Gasteiger partial charge in [-0.15, -0.1) is 0 Å². The van der Waals surface area contributed by atoms with Crippen LogP contribution in [0, 0.1) is 5.92 Å². The van der Waals surface area contributed by atoms with Crippen LogP contribution >= 0.6 is 0 Å². The molecule has 0 aliphatic rings. The van der Waals surface area contributed by atoms with Crippen molar-refractivity contribution in [1.82, 2.24) is 47.9 Å². The van der Waals surface area contributed by atoms with Gasteiger partial charge in [-0.2, -0.15) is 0 Å². The number of carbonyl (C=O) groups is 5. The molecule has 2 aromatic carbocycles. The van der Waals surface area contributed by atoms with Crippen LogP contribution < -0.4 is 59.3 Å². The van der Waals surface area contributed by atoms with Crippen LogP contribution in [-0.4, -0.2) is 99.2 Å². The van der Waals surface area contributed by atoms with Crippen molar-refractivity contribution in [2.24, 2.45) is 17.4 Å². The fourth-order valence-corrected chi connectivity index (χ4v) is 4.88. The molecule has 10 amide bonds. The predicted molar refractivity (Wildman–Crippen MR) is 190 cm³/mol. The molecule has 17 heteroatoms. The number of phenols is 1. The summed E-state index contributed by atoms with van der Waals surface area (Å²) in [6, 6.07) is 12.6. The number of nitrogens with two attached hydrogens (primary N) is 2. The Bertz CT molecular complexity index is 1330. The Morgan fingerprint density at radius 3 is 1.62 bits per heavy atom. The molecule has 0 radical (unpaired) electrons. The standard InChI is InChI=1S/C33H53N11O6/c1-22(2)16-26(42-29(35)46)20-41-33(50)44-27(18-23-6-4-3-5-7-23)21-40-31(48)38-13-12-36-30(47)37-14-15-39-32(49)43-25(19-34)17-24-8-10-28(45)11-9-24/h3-11,22,25-27,45H,12-21,34H2,1-2H3,(H3,35,42,46)(H2,36,37,47)(H2,38,40,48)(H2,39,43,49)(H2,41,44,50)/t25-,26?,27+/m1/s1. The molecule has 0 heterocycles. The van der Waals surface area contributed by atoms with Gasteiger partial charge < -0.3 is 64.4 Å². The molecular formula is C33H53N11O6. The zero-order valence-corrected chi connectivity index (χ0v) is 28.7. The van der Waals surface area contributed by atoms with Gasteiger partial charge in [0.25, 0.3) is 0 Å². The van der Waals surface area contributed by atoms with Crippen LogP contribution in [0.5, 0.6) is 5.75 Å². The number of benzene rings is 2. The minimum atomic E-state index is -0.665. The smallest absolute Gasteiger partial charge is 0.315 e. The molecule has 0 aromatic heterocycles. The second kappa shape index (κ2) is 23.0. The number of aromatic hydroxyl groups is 1. The molecule has 0 aliphatic heterocycles. The molecule has 14 N–H and O–H groups in total. The summed E-state index contributed by atoms with van der Waals surface area (Å²) >= 11 is 0. The average molecular weight is 700 g/mol. The van der Waals surface area contributed by atoms with Crippen molar-refractivity contribution in [2.45, 2.75) is 51.2 Å². The Morgan fingerprint density at radius 1 is 0.600 bits per heavy atom. The van der Waals surface area contributed by atoms with Crippen LogP contribution in [-0.2, 0) is 12.8 Å². The maximum absolute atomic E-state index is 12.7. The number of primary amides is 1. The first-order valence-corrected chi connectivity index (χ1v) is 16.6. The topological polar surface area (TPSA) is 266 Å². The molecule has 50 heavy (non-hydrogen) atoms. The highest BCUT2D eigenvalue weighted by atomic mass is 16.3. The highest BCUT2D eigenvalue weighted by Crippen LogP contribution is 2.11. The molecule has 0 spiro atoms. The lowest BCUT2D eigenvalue weighted by atomic mass is 10.0. The highest BCUT2D eigenvalue weighted by Gasteiger charge is 2.18. The Kier molecular flexibility index (Phi) is 18.7. The van der Waals surface area contributed by atoms with Crippen LogP contribution in [0.1, 0.15) is 31.4 Å². The molecule has 0 bridgehead atoms. The summed E-state index contributed by atoms with van der Waals surface area (Å²) in [5, 5.41) is 33.7. The van der Waals surface area contributed by atoms with Gasteiger partial charge in [0.2, 0.25) is 0 Å². The summed E-state index contributed by atoms with van der Waals surface area (Å²) in [4.78, 5) is 60.8. The van der Waals surface area contributed by atoms with E-state index in [1.165, 1.54) is 0 Å². The minimum Gasteiger partial charge on any atom is -0.508 e. The van der Waals surface area contributed by atoms with E-state index in [9.17, 15) is 29.1 Å². The summed E-state index contributed by atoms with van der Waals surface area (Å²) in [6.07, 6.45) is 1.58.